The van der Waals surface area contributed by atoms with Gasteiger partial charge in [0.05, 0.1) is 0 Å². The molecule has 0 saturated carbocycles. The minimum Gasteiger partial charge on any atom is -0.00122 e. The van der Waals surface area contributed by atoms with Crippen LogP contribution >= 0.6 is 35.3 Å². The van der Waals surface area contributed by atoms with E-state index in [1.807, 2.05) is 8.88 Å². The molecule has 0 aromatic rings. The van der Waals surface area contributed by atoms with Crippen LogP contribution in [0.4, 0.5) is 0 Å². The van der Waals surface area contributed by atoms with Crippen molar-refractivity contribution >= 4 is 95.3 Å². The predicted octanol–water partition coefficient (Wildman–Crippen LogP) is 2.79. The SMILES string of the molecule is S=S=S=S=S(=S)=S123S[P+]1(S2)S3. The minimum atomic E-state index is -0.874. The zero-order valence-corrected chi connectivity index (χ0v) is 13.6. The highest BCUT2D eigenvalue weighted by atomic mass is 34.9. The summed E-state index contributed by atoms with van der Waals surface area (Å²) in [6, 6.07) is 0. The van der Waals surface area contributed by atoms with E-state index in [9.17, 15) is 0 Å². The van der Waals surface area contributed by atoms with E-state index in [1.54, 1.807) is 8.88 Å². The quantitative estimate of drug-likeness (QED) is 0.373. The molecule has 64 valence electrons. The first kappa shape index (κ1) is 9.38. The molecule has 3 rings (SSSR count). The van der Waals surface area contributed by atoms with E-state index in [0.717, 1.165) is 0 Å². The summed E-state index contributed by atoms with van der Waals surface area (Å²) in [4.78, 5) is 0. The molecule has 0 nitrogen and oxygen atoms in total. The van der Waals surface area contributed by atoms with Gasteiger partial charge in [0.25, 0.3) is 0 Å². The van der Waals surface area contributed by atoms with E-state index in [-0.39, 0.29) is 10.6 Å². The van der Waals surface area contributed by atoms with Crippen LogP contribution in [-0.2, 0) is 60.0 Å². The highest BCUT2D eigenvalue weighted by Gasteiger charge is 3.26. The molecule has 3 fully saturated rings. The van der Waals surface area contributed by atoms with Gasteiger partial charge in [-0.25, -0.2) is 0 Å². The Morgan fingerprint density at radius 2 is 1.91 bits per heavy atom. The fourth-order valence-corrected chi connectivity index (χ4v) is 146. The van der Waals surface area contributed by atoms with E-state index >= 15 is 0 Å². The summed E-state index contributed by atoms with van der Waals surface area (Å²) in [5.74, 6) is 0. The Morgan fingerprint density at radius 3 is 2.27 bits per heavy atom. The fraction of sp³-hybridized carbons (Fsp3) is 0. The molecule has 0 N–H and O–H groups in total. The van der Waals surface area contributed by atoms with E-state index in [4.69, 9.17) is 22.4 Å². The number of rotatable bonds is 0. The Kier molecular flexibility index (Phi) is 2.09. The molecule has 3 aliphatic heterocycles. The van der Waals surface area contributed by atoms with E-state index < -0.39 is 4.44 Å². The molecule has 0 bridgehead atoms. The van der Waals surface area contributed by atoms with Crippen LogP contribution < -0.4 is 0 Å². The van der Waals surface area contributed by atoms with Gasteiger partial charge in [-0.1, -0.05) is 0 Å². The second-order valence-electron chi connectivity index (χ2n) is 1.79. The average Bonchev–Trinajstić information content (AvgIpc) is 2.66. The fourth-order valence-electron chi connectivity index (χ4n) is 0.663. The van der Waals surface area contributed by atoms with Gasteiger partial charge in [-0.05, 0) is 49.0 Å². The summed E-state index contributed by atoms with van der Waals surface area (Å²) in [7, 11) is 11.8. The average molecular weight is 352 g/mol. The van der Waals surface area contributed by atoms with Crippen LogP contribution in [0.5, 0.6) is 0 Å². The Hall–Kier alpha value is 3.15. The lowest BCUT2D eigenvalue weighted by molar-refractivity contribution is 5.33. The maximum Gasteiger partial charge on any atom is 0.311 e. The summed E-state index contributed by atoms with van der Waals surface area (Å²) in [6.45, 7) is 0.219. The molecular formula is PS10+. The zero-order chi connectivity index (χ0) is 7.77. The predicted molar refractivity (Wildman–Crippen MR) is 81.2 cm³/mol. The first-order chi connectivity index (χ1) is 5.18. The van der Waals surface area contributed by atoms with Gasteiger partial charge < -0.3 is 0 Å². The van der Waals surface area contributed by atoms with Gasteiger partial charge >= 0.3 is 4.07 Å². The van der Waals surface area contributed by atoms with Gasteiger partial charge in [0.2, 0.25) is 0 Å². The topological polar surface area (TPSA) is 0 Å². The van der Waals surface area contributed by atoms with Crippen molar-refractivity contribution in [2.75, 3.05) is 0 Å². The van der Waals surface area contributed by atoms with Crippen LogP contribution in [0.3, 0.4) is 0 Å². The van der Waals surface area contributed by atoms with Crippen molar-refractivity contribution in [2.24, 2.45) is 0 Å². The summed E-state index contributed by atoms with van der Waals surface area (Å²) in [5.41, 5.74) is 0. The van der Waals surface area contributed by atoms with Crippen molar-refractivity contribution < 1.29 is 0 Å². The molecule has 0 aromatic heterocycles. The van der Waals surface area contributed by atoms with Crippen LogP contribution in [0.2, 0.25) is 0 Å². The third kappa shape index (κ3) is 0.920. The Balaban J connectivity index is 2.63. The maximum atomic E-state index is 5.52. The Morgan fingerprint density at radius 1 is 1.36 bits per heavy atom. The van der Waals surface area contributed by atoms with E-state index in [1.165, 1.54) is 8.88 Å². The zero-order valence-electron chi connectivity index (χ0n) is 4.53. The van der Waals surface area contributed by atoms with Crippen molar-refractivity contribution in [1.82, 2.24) is 0 Å². The van der Waals surface area contributed by atoms with Gasteiger partial charge in [-0.3, -0.25) is 0 Å². The standard InChI is InChI=1S/PS10/c2-7-8-9-10(3)11-1(4-11,5-11)6-11/q+1. The van der Waals surface area contributed by atoms with Crippen LogP contribution in [0.1, 0.15) is 0 Å². The molecule has 0 aromatic carbocycles. The molecule has 0 atom stereocenters. The second-order valence-corrected chi connectivity index (χ2v) is 48.2. The highest BCUT2D eigenvalue weighted by Crippen LogP contribution is 3.58. The number of hydrogen-bond acceptors (Lipinski definition) is 5. The first-order valence-corrected chi connectivity index (χ1v) is 20.1. The molecule has 0 spiro atoms. The second kappa shape index (κ2) is 2.45. The van der Waals surface area contributed by atoms with Gasteiger partial charge in [-0.15, -0.1) is 0 Å². The summed E-state index contributed by atoms with van der Waals surface area (Å²) in [5, 5.41) is 0. The minimum absolute atomic E-state index is 0.219. The van der Waals surface area contributed by atoms with Crippen molar-refractivity contribution in [3.05, 3.63) is 0 Å². The first-order valence-electron chi connectivity index (χ1n) is 2.23. The lowest BCUT2D eigenvalue weighted by atomic mass is 29.7. The van der Waals surface area contributed by atoms with Crippen LogP contribution in [0.25, 0.3) is 0 Å². The van der Waals surface area contributed by atoms with Gasteiger partial charge in [0, 0.05) is 6.57 Å². The molecular weight excluding hydrogens is 352 g/mol. The van der Waals surface area contributed by atoms with E-state index in [0.29, 0.717) is 0 Å². The van der Waals surface area contributed by atoms with Gasteiger partial charge in [-0.2, -0.15) is 0 Å². The number of hydrogen-bond donors (Lipinski definition) is 0. The smallest absolute Gasteiger partial charge is 0.00122 e. The van der Waals surface area contributed by atoms with Crippen molar-refractivity contribution in [2.45, 2.75) is 0 Å². The molecule has 3 heterocycles. The molecule has 3 aliphatic rings. The molecule has 0 radical (unpaired) electrons. The lowest BCUT2D eigenvalue weighted by Crippen LogP contribution is -1.75. The molecule has 3 saturated heterocycles. The van der Waals surface area contributed by atoms with Gasteiger partial charge in [0.15, 0.2) is 35.7 Å². The molecule has 11 heavy (non-hydrogen) atoms. The summed E-state index contributed by atoms with van der Waals surface area (Å²) in [6.07, 6.45) is 0. The van der Waals surface area contributed by atoms with Crippen molar-refractivity contribution in [1.29, 1.82) is 0 Å². The normalized spacial score (nSPS) is 46.4. The van der Waals surface area contributed by atoms with Crippen molar-refractivity contribution in [3.8, 4) is 0 Å². The van der Waals surface area contributed by atoms with Crippen molar-refractivity contribution in [3.63, 3.8) is 0 Å². The molecule has 11 heteroatoms. The molecule has 0 unspecified atom stereocenters. The van der Waals surface area contributed by atoms with Gasteiger partial charge in [0.1, 0.15) is 0 Å². The van der Waals surface area contributed by atoms with Crippen LogP contribution in [-0.4, -0.2) is 0 Å². The van der Waals surface area contributed by atoms with Crippen LogP contribution in [0, 0.1) is 0 Å². The summed E-state index contributed by atoms with van der Waals surface area (Å²) < 4.78 is -1.24. The lowest BCUT2D eigenvalue weighted by Gasteiger charge is -1.91. The summed E-state index contributed by atoms with van der Waals surface area (Å²) >= 11 is 10.3. The monoisotopic (exact) mass is 351 g/mol. The van der Waals surface area contributed by atoms with Crippen LogP contribution in [0.15, 0.2) is 0 Å². The Bertz CT molecular complexity index is 523. The molecule has 0 amide bonds. The largest absolute Gasteiger partial charge is 0.311 e. The Labute approximate surface area is 93.5 Å². The van der Waals surface area contributed by atoms with E-state index in [2.05, 4.69) is 31.2 Å². The maximum absolute atomic E-state index is 5.52. The highest BCUT2D eigenvalue weighted by molar-refractivity contribution is 10.4. The third-order valence-electron chi connectivity index (χ3n) is 1.29. The molecule has 0 aliphatic carbocycles. The third-order valence-corrected chi connectivity index (χ3v) is 92.6.